The second-order valence-corrected chi connectivity index (χ2v) is 13.2. The van der Waals surface area contributed by atoms with Crippen molar-refractivity contribution in [1.29, 1.82) is 0 Å². The number of benzene rings is 6. The van der Waals surface area contributed by atoms with Crippen LogP contribution in [-0.2, 0) is 0 Å². The molecule has 8 aromatic rings. The smallest absolute Gasteiger partial charge is 0.143 e. The summed E-state index contributed by atoms with van der Waals surface area (Å²) < 4.78 is 8.73. The number of fused-ring (bicyclic) bond motifs is 10. The highest BCUT2D eigenvalue weighted by Crippen LogP contribution is 2.52. The van der Waals surface area contributed by atoms with E-state index in [1.807, 2.05) is 23.9 Å². The molecule has 0 radical (unpaired) electrons. The summed E-state index contributed by atoms with van der Waals surface area (Å²) in [4.78, 5) is 1.43. The van der Waals surface area contributed by atoms with Gasteiger partial charge in [-0.15, -0.1) is 11.8 Å². The lowest BCUT2D eigenvalue weighted by Gasteiger charge is -2.14. The molecule has 0 N–H and O–H groups in total. The Morgan fingerprint density at radius 3 is 2.13 bits per heavy atom. The maximum atomic E-state index is 6.30. The molecule has 3 heterocycles. The number of hydrogen-bond acceptors (Lipinski definition) is 2. The number of allylic oxidation sites excluding steroid dienone is 3. The standard InChI is InChI=1S/C42H27NOS/c1-4-13-36-35(10-1)40-37(25-24-34-32-9-3-6-15-39(32)45-42(34)40)43(36)29-22-20-27(21-23-29)26-16-18-28(19-17-26)30-11-7-12-33-31-8-2-5-14-38(31)44-41(30)33/h1-25,32,39H. The summed E-state index contributed by atoms with van der Waals surface area (Å²) in [7, 11) is 0. The van der Waals surface area contributed by atoms with E-state index in [4.69, 9.17) is 4.42 Å². The largest absolute Gasteiger partial charge is 0.455 e. The molecule has 1 aliphatic heterocycles. The van der Waals surface area contributed by atoms with Crippen LogP contribution in [0.4, 0.5) is 0 Å². The van der Waals surface area contributed by atoms with E-state index in [1.165, 1.54) is 49.1 Å². The molecule has 0 fully saturated rings. The van der Waals surface area contributed by atoms with Gasteiger partial charge in [-0.05, 0) is 52.6 Å². The van der Waals surface area contributed by atoms with Crippen molar-refractivity contribution < 1.29 is 4.42 Å². The van der Waals surface area contributed by atoms with Crippen molar-refractivity contribution >= 4 is 55.5 Å². The first-order valence-electron chi connectivity index (χ1n) is 15.5. The van der Waals surface area contributed by atoms with Crippen molar-refractivity contribution in [2.45, 2.75) is 16.1 Å². The summed E-state index contributed by atoms with van der Waals surface area (Å²) in [5.74, 6) is 0.457. The molecule has 0 spiro atoms. The summed E-state index contributed by atoms with van der Waals surface area (Å²) in [5, 5.41) is 5.49. The first-order valence-corrected chi connectivity index (χ1v) is 16.4. The Kier molecular flexibility index (Phi) is 5.37. The highest BCUT2D eigenvalue weighted by Gasteiger charge is 2.33. The molecule has 2 aliphatic rings. The predicted molar refractivity (Wildman–Crippen MR) is 190 cm³/mol. The minimum Gasteiger partial charge on any atom is -0.455 e. The van der Waals surface area contributed by atoms with E-state index < -0.39 is 0 Å². The summed E-state index contributed by atoms with van der Waals surface area (Å²) in [5.41, 5.74) is 11.7. The van der Waals surface area contributed by atoms with Crippen LogP contribution in [0.5, 0.6) is 0 Å². The maximum Gasteiger partial charge on any atom is 0.143 e. The Morgan fingerprint density at radius 2 is 1.27 bits per heavy atom. The maximum absolute atomic E-state index is 6.30. The molecule has 6 aromatic carbocycles. The van der Waals surface area contributed by atoms with E-state index in [0.717, 1.165) is 33.1 Å². The summed E-state index contributed by atoms with van der Waals surface area (Å²) in [6, 6.07) is 46.1. The molecule has 1 aliphatic carbocycles. The van der Waals surface area contributed by atoms with Crippen molar-refractivity contribution in [2.24, 2.45) is 0 Å². The number of nitrogens with zero attached hydrogens (tertiary/aromatic N) is 1. The predicted octanol–water partition coefficient (Wildman–Crippen LogP) is 11.7. The Bertz CT molecular complexity index is 2510. The van der Waals surface area contributed by atoms with Gasteiger partial charge in [0.2, 0.25) is 0 Å². The molecule has 2 atom stereocenters. The van der Waals surface area contributed by atoms with Crippen molar-refractivity contribution in [2.75, 3.05) is 0 Å². The third-order valence-corrected chi connectivity index (χ3v) is 11.0. The lowest BCUT2D eigenvalue weighted by Crippen LogP contribution is -2.06. The van der Waals surface area contributed by atoms with Gasteiger partial charge < -0.3 is 8.98 Å². The number of furan rings is 1. The average Bonchev–Trinajstić information content (AvgIpc) is 3.78. The second-order valence-electron chi connectivity index (χ2n) is 12.0. The minimum absolute atomic E-state index is 0.457. The number of rotatable bonds is 3. The van der Waals surface area contributed by atoms with E-state index in [-0.39, 0.29) is 0 Å². The van der Waals surface area contributed by atoms with Crippen LogP contribution in [0.1, 0.15) is 11.5 Å². The highest BCUT2D eigenvalue weighted by atomic mass is 32.2. The van der Waals surface area contributed by atoms with Gasteiger partial charge in [-0.1, -0.05) is 121 Å². The molecule has 0 amide bonds. The van der Waals surface area contributed by atoms with Crippen molar-refractivity contribution in [3.8, 4) is 27.9 Å². The van der Waals surface area contributed by atoms with Gasteiger partial charge in [-0.25, -0.2) is 0 Å². The van der Waals surface area contributed by atoms with Crippen LogP contribution < -0.4 is 0 Å². The van der Waals surface area contributed by atoms with Gasteiger partial charge in [-0.3, -0.25) is 0 Å². The molecule has 2 nitrogen and oxygen atoms in total. The van der Waals surface area contributed by atoms with Crippen LogP contribution in [0, 0.1) is 0 Å². The topological polar surface area (TPSA) is 18.1 Å². The lowest BCUT2D eigenvalue weighted by molar-refractivity contribution is 0.670. The number of thioether (sulfide) groups is 1. The van der Waals surface area contributed by atoms with Crippen LogP contribution >= 0.6 is 11.8 Å². The molecular weight excluding hydrogens is 567 g/mol. The van der Waals surface area contributed by atoms with Crippen molar-refractivity contribution in [3.63, 3.8) is 0 Å². The quantitative estimate of drug-likeness (QED) is 0.203. The van der Waals surface area contributed by atoms with E-state index in [2.05, 4.69) is 144 Å². The van der Waals surface area contributed by atoms with Crippen LogP contribution in [0.3, 0.4) is 0 Å². The SMILES string of the molecule is C1=CC2Sc3c(ccc4c3c3ccccc3n4-c3ccc(-c4ccc(-c5cccc6c5oc5ccccc56)cc4)cc3)C2C=C1. The monoisotopic (exact) mass is 593 g/mol. The van der Waals surface area contributed by atoms with Crippen molar-refractivity contribution in [3.05, 3.63) is 157 Å². The zero-order valence-corrected chi connectivity index (χ0v) is 25.2. The molecular formula is C42H27NOS. The molecule has 0 saturated heterocycles. The van der Waals surface area contributed by atoms with Crippen LogP contribution in [0.2, 0.25) is 0 Å². The van der Waals surface area contributed by atoms with Crippen LogP contribution in [0.25, 0.3) is 71.7 Å². The summed E-state index contributed by atoms with van der Waals surface area (Å²) in [6.07, 6.45) is 9.10. The summed E-state index contributed by atoms with van der Waals surface area (Å²) in [6.45, 7) is 0. The van der Waals surface area contributed by atoms with Gasteiger partial charge in [0.15, 0.2) is 0 Å². The van der Waals surface area contributed by atoms with Gasteiger partial charge in [0, 0.05) is 48.9 Å². The first-order chi connectivity index (χ1) is 22.3. The Morgan fingerprint density at radius 1 is 0.556 bits per heavy atom. The molecule has 0 bridgehead atoms. The number of aromatic nitrogens is 1. The van der Waals surface area contributed by atoms with Gasteiger partial charge in [0.25, 0.3) is 0 Å². The Hall–Kier alpha value is -5.25. The van der Waals surface area contributed by atoms with Crippen molar-refractivity contribution in [1.82, 2.24) is 4.57 Å². The zero-order valence-electron chi connectivity index (χ0n) is 24.4. The van der Waals surface area contributed by atoms with Crippen LogP contribution in [-0.4, -0.2) is 9.82 Å². The fourth-order valence-corrected chi connectivity index (χ4v) is 8.95. The molecule has 0 saturated carbocycles. The minimum atomic E-state index is 0.457. The summed E-state index contributed by atoms with van der Waals surface area (Å²) >= 11 is 2.02. The van der Waals surface area contributed by atoms with E-state index in [0.29, 0.717) is 11.2 Å². The third-order valence-electron chi connectivity index (χ3n) is 9.58. The Balaban J connectivity index is 1.03. The van der Waals surface area contributed by atoms with Gasteiger partial charge >= 0.3 is 0 Å². The second kappa shape index (κ2) is 9.62. The van der Waals surface area contributed by atoms with Crippen LogP contribution in [0.15, 0.2) is 161 Å². The molecule has 212 valence electrons. The molecule has 2 unspecified atom stereocenters. The van der Waals surface area contributed by atoms with E-state index in [1.54, 1.807) is 0 Å². The molecule has 45 heavy (non-hydrogen) atoms. The highest BCUT2D eigenvalue weighted by molar-refractivity contribution is 8.00. The fraction of sp³-hybridized carbons (Fsp3) is 0.0476. The molecule has 2 aromatic heterocycles. The average molecular weight is 594 g/mol. The van der Waals surface area contributed by atoms with Gasteiger partial charge in [0.05, 0.1) is 11.0 Å². The normalized spacial score (nSPS) is 17.1. The van der Waals surface area contributed by atoms with E-state index in [9.17, 15) is 0 Å². The third kappa shape index (κ3) is 3.71. The Labute approximate surface area is 264 Å². The molecule has 3 heteroatoms. The van der Waals surface area contributed by atoms with E-state index >= 15 is 0 Å². The zero-order chi connectivity index (χ0) is 29.5. The lowest BCUT2D eigenvalue weighted by atomic mass is 9.91. The van der Waals surface area contributed by atoms with Gasteiger partial charge in [-0.2, -0.15) is 0 Å². The first kappa shape index (κ1) is 25.1. The molecule has 10 rings (SSSR count). The number of para-hydroxylation sites is 3. The van der Waals surface area contributed by atoms with Gasteiger partial charge in [0.1, 0.15) is 11.2 Å². The number of hydrogen-bond donors (Lipinski definition) is 0. The fourth-order valence-electron chi connectivity index (χ4n) is 7.45.